The molecule has 0 aliphatic carbocycles. The van der Waals surface area contributed by atoms with Gasteiger partial charge in [0.15, 0.2) is 5.03 Å². The molecule has 1 aromatic carbocycles. The molecule has 0 saturated carbocycles. The van der Waals surface area contributed by atoms with Crippen LogP contribution in [0.15, 0.2) is 18.2 Å². The average molecular weight is 182 g/mol. The van der Waals surface area contributed by atoms with E-state index in [-0.39, 0.29) is 0 Å². The summed E-state index contributed by atoms with van der Waals surface area (Å²) in [5.74, 6) is 0.631. The summed E-state index contributed by atoms with van der Waals surface area (Å²) in [5.41, 5.74) is 3.26. The van der Waals surface area contributed by atoms with Gasteiger partial charge in [0, 0.05) is 5.56 Å². The molecular weight excluding hydrogens is 172 g/mol. The molecule has 0 aliphatic heterocycles. The van der Waals surface area contributed by atoms with Gasteiger partial charge in [-0.3, -0.25) is 0 Å². The first-order valence-corrected chi connectivity index (χ1v) is 3.70. The van der Waals surface area contributed by atoms with Gasteiger partial charge in [-0.2, -0.15) is 0 Å². The first-order chi connectivity index (χ1) is 6.15. The van der Waals surface area contributed by atoms with Crippen LogP contribution in [0.2, 0.25) is 0 Å². The molecule has 13 heavy (non-hydrogen) atoms. The highest BCUT2D eigenvalue weighted by molar-refractivity contribution is 5.55. The van der Waals surface area contributed by atoms with E-state index in [0.29, 0.717) is 11.4 Å². The van der Waals surface area contributed by atoms with Crippen LogP contribution in [0, 0.1) is 17.0 Å². The minimum Gasteiger partial charge on any atom is -0.496 e. The molecule has 1 N–H and O–H groups in total. The second-order valence-electron chi connectivity index (χ2n) is 2.50. The van der Waals surface area contributed by atoms with Gasteiger partial charge in [-0.15, -0.1) is 5.43 Å². The van der Waals surface area contributed by atoms with Crippen LogP contribution in [0.4, 0.5) is 5.69 Å². The molecule has 0 heterocycles. The SMILES string of the molecule is COc1cccc(N[N+](=O)[O-])c1C. The number of rotatable bonds is 3. The first kappa shape index (κ1) is 9.31. The molecule has 1 rings (SSSR count). The Balaban J connectivity index is 3.01. The van der Waals surface area contributed by atoms with Crippen LogP contribution < -0.4 is 10.2 Å². The molecule has 0 unspecified atom stereocenters. The van der Waals surface area contributed by atoms with E-state index in [4.69, 9.17) is 4.74 Å². The third-order valence-corrected chi connectivity index (χ3v) is 1.72. The zero-order valence-corrected chi connectivity index (χ0v) is 7.40. The monoisotopic (exact) mass is 182 g/mol. The zero-order chi connectivity index (χ0) is 9.84. The lowest BCUT2D eigenvalue weighted by molar-refractivity contribution is -0.445. The van der Waals surface area contributed by atoms with Gasteiger partial charge in [0.05, 0.1) is 7.11 Å². The van der Waals surface area contributed by atoms with Crippen LogP contribution in [-0.2, 0) is 0 Å². The van der Waals surface area contributed by atoms with E-state index in [1.807, 2.05) is 0 Å². The number of ether oxygens (including phenoxy) is 1. The fourth-order valence-corrected chi connectivity index (χ4v) is 1.06. The van der Waals surface area contributed by atoms with Gasteiger partial charge in [-0.05, 0) is 19.1 Å². The summed E-state index contributed by atoms with van der Waals surface area (Å²) in [6.45, 7) is 1.75. The van der Waals surface area contributed by atoms with Crippen molar-refractivity contribution in [3.63, 3.8) is 0 Å². The van der Waals surface area contributed by atoms with Gasteiger partial charge < -0.3 is 4.74 Å². The number of nitrogens with zero attached hydrogens (tertiary/aromatic N) is 1. The van der Waals surface area contributed by atoms with Gasteiger partial charge in [0.2, 0.25) is 0 Å². The summed E-state index contributed by atoms with van der Waals surface area (Å²) in [6, 6.07) is 5.07. The summed E-state index contributed by atoms with van der Waals surface area (Å²) in [6.07, 6.45) is 0. The maximum Gasteiger partial charge on any atom is 0.162 e. The second kappa shape index (κ2) is 3.75. The van der Waals surface area contributed by atoms with Crippen LogP contribution in [0.5, 0.6) is 5.75 Å². The molecule has 0 amide bonds. The molecule has 5 heteroatoms. The Hall–Kier alpha value is -1.78. The van der Waals surface area contributed by atoms with E-state index in [1.54, 1.807) is 25.1 Å². The lowest BCUT2D eigenvalue weighted by Gasteiger charge is -2.06. The number of hydrogen-bond donors (Lipinski definition) is 1. The fourth-order valence-electron chi connectivity index (χ4n) is 1.06. The van der Waals surface area contributed by atoms with Crippen molar-refractivity contribution in [2.75, 3.05) is 12.5 Å². The van der Waals surface area contributed by atoms with Crippen LogP contribution in [-0.4, -0.2) is 12.1 Å². The van der Waals surface area contributed by atoms with Gasteiger partial charge in [0.1, 0.15) is 11.4 Å². The van der Waals surface area contributed by atoms with Crippen molar-refractivity contribution in [2.45, 2.75) is 6.92 Å². The Morgan fingerprint density at radius 1 is 1.54 bits per heavy atom. The van der Waals surface area contributed by atoms with Crippen molar-refractivity contribution in [3.05, 3.63) is 33.9 Å². The summed E-state index contributed by atoms with van der Waals surface area (Å²) >= 11 is 0. The van der Waals surface area contributed by atoms with E-state index in [9.17, 15) is 10.1 Å². The number of methoxy groups -OCH3 is 1. The van der Waals surface area contributed by atoms with Crippen molar-refractivity contribution in [3.8, 4) is 5.75 Å². The zero-order valence-electron chi connectivity index (χ0n) is 7.40. The number of benzene rings is 1. The molecule has 0 aromatic heterocycles. The Morgan fingerprint density at radius 3 is 2.77 bits per heavy atom. The molecule has 0 spiro atoms. The molecule has 0 bridgehead atoms. The number of nitrogens with one attached hydrogen (secondary N) is 1. The number of hydrogen-bond acceptors (Lipinski definition) is 3. The lowest BCUT2D eigenvalue weighted by atomic mass is 10.2. The van der Waals surface area contributed by atoms with E-state index >= 15 is 0 Å². The van der Waals surface area contributed by atoms with Crippen molar-refractivity contribution in [1.82, 2.24) is 0 Å². The third kappa shape index (κ3) is 2.08. The van der Waals surface area contributed by atoms with E-state index in [0.717, 1.165) is 5.56 Å². The normalized spacial score (nSPS) is 9.38. The molecule has 1 aromatic rings. The summed E-state index contributed by atoms with van der Waals surface area (Å²) in [4.78, 5) is 10.2. The largest absolute Gasteiger partial charge is 0.496 e. The van der Waals surface area contributed by atoms with Crippen LogP contribution in [0.1, 0.15) is 5.56 Å². The van der Waals surface area contributed by atoms with Gasteiger partial charge in [-0.25, -0.2) is 10.1 Å². The summed E-state index contributed by atoms with van der Waals surface area (Å²) < 4.78 is 5.00. The summed E-state index contributed by atoms with van der Waals surface area (Å²) in [7, 11) is 1.53. The molecule has 0 radical (unpaired) electrons. The Kier molecular flexibility index (Phi) is 2.69. The number of hydrazine groups is 1. The maximum atomic E-state index is 10.2. The highest BCUT2D eigenvalue weighted by Gasteiger charge is 2.06. The Labute approximate surface area is 75.4 Å². The average Bonchev–Trinajstić information content (AvgIpc) is 2.08. The molecular formula is C8H10N2O3. The molecule has 0 atom stereocenters. The van der Waals surface area contributed by atoms with Gasteiger partial charge >= 0.3 is 0 Å². The lowest BCUT2D eigenvalue weighted by Crippen LogP contribution is -2.09. The van der Waals surface area contributed by atoms with Crippen LogP contribution in [0.25, 0.3) is 0 Å². The second-order valence-corrected chi connectivity index (χ2v) is 2.50. The molecule has 70 valence electrons. The fraction of sp³-hybridized carbons (Fsp3) is 0.250. The third-order valence-electron chi connectivity index (χ3n) is 1.72. The molecule has 5 nitrogen and oxygen atoms in total. The Morgan fingerprint density at radius 2 is 2.23 bits per heavy atom. The van der Waals surface area contributed by atoms with E-state index in [2.05, 4.69) is 5.43 Å². The van der Waals surface area contributed by atoms with Crippen LogP contribution in [0.3, 0.4) is 0 Å². The van der Waals surface area contributed by atoms with Crippen molar-refractivity contribution >= 4 is 5.69 Å². The van der Waals surface area contributed by atoms with Crippen LogP contribution >= 0.6 is 0 Å². The molecule has 0 aliphatic rings. The smallest absolute Gasteiger partial charge is 0.162 e. The first-order valence-electron chi connectivity index (χ1n) is 3.70. The predicted molar refractivity (Wildman–Crippen MR) is 48.3 cm³/mol. The standard InChI is InChI=1S/C8H10N2O3/c1-6-7(9-10(11)12)4-3-5-8(6)13-2/h3-5,9H,1-2H3. The Bertz CT molecular complexity index is 325. The van der Waals surface area contributed by atoms with E-state index in [1.165, 1.54) is 7.11 Å². The minimum absolute atomic E-state index is 0.448. The number of anilines is 1. The predicted octanol–water partition coefficient (Wildman–Crippen LogP) is 1.61. The number of nitro groups is 1. The van der Waals surface area contributed by atoms with Crippen molar-refractivity contribution in [1.29, 1.82) is 0 Å². The topological polar surface area (TPSA) is 64.4 Å². The molecule has 0 fully saturated rings. The minimum atomic E-state index is -0.595. The summed E-state index contributed by atoms with van der Waals surface area (Å²) in [5, 5.41) is 9.58. The molecule has 0 saturated heterocycles. The van der Waals surface area contributed by atoms with Gasteiger partial charge in [-0.1, -0.05) is 6.07 Å². The van der Waals surface area contributed by atoms with Gasteiger partial charge in [0.25, 0.3) is 0 Å². The quantitative estimate of drug-likeness (QED) is 0.569. The maximum absolute atomic E-state index is 10.2. The van der Waals surface area contributed by atoms with E-state index < -0.39 is 5.03 Å². The highest BCUT2D eigenvalue weighted by Crippen LogP contribution is 2.24. The van der Waals surface area contributed by atoms with Crippen molar-refractivity contribution in [2.24, 2.45) is 0 Å². The highest BCUT2D eigenvalue weighted by atomic mass is 16.7. The van der Waals surface area contributed by atoms with Crippen molar-refractivity contribution < 1.29 is 9.77 Å².